The average molecular weight is 143 g/mol. The SMILES string of the molecule is C=CC(C)N(C)CC(=O)O. The monoisotopic (exact) mass is 143 g/mol. The zero-order chi connectivity index (χ0) is 8.15. The van der Waals surface area contributed by atoms with Crippen LogP contribution in [0.5, 0.6) is 0 Å². The van der Waals surface area contributed by atoms with Gasteiger partial charge in [-0.1, -0.05) is 6.08 Å². The standard InChI is InChI=1S/C7H13NO2/c1-4-6(2)8(3)5-7(9)10/h4,6H,1,5H2,2-3H3,(H,9,10). The molecule has 0 radical (unpaired) electrons. The second-order valence-electron chi connectivity index (χ2n) is 2.29. The highest BCUT2D eigenvalue weighted by atomic mass is 16.4. The predicted octanol–water partition coefficient (Wildman–Crippen LogP) is 0.577. The maximum atomic E-state index is 10.2. The van der Waals surface area contributed by atoms with Crippen LogP contribution in [0.4, 0.5) is 0 Å². The van der Waals surface area contributed by atoms with Gasteiger partial charge in [0.05, 0.1) is 6.54 Å². The van der Waals surface area contributed by atoms with Gasteiger partial charge in [-0.05, 0) is 14.0 Å². The summed E-state index contributed by atoms with van der Waals surface area (Å²) in [5, 5.41) is 8.35. The molecule has 0 amide bonds. The largest absolute Gasteiger partial charge is 0.480 e. The lowest BCUT2D eigenvalue weighted by molar-refractivity contribution is -0.138. The summed E-state index contributed by atoms with van der Waals surface area (Å²) >= 11 is 0. The van der Waals surface area contributed by atoms with Crippen LogP contribution >= 0.6 is 0 Å². The summed E-state index contributed by atoms with van der Waals surface area (Å²) in [6.45, 7) is 5.52. The number of hydrogen-bond donors (Lipinski definition) is 1. The molecule has 0 aromatic heterocycles. The van der Waals surface area contributed by atoms with Crippen molar-refractivity contribution in [3.8, 4) is 0 Å². The van der Waals surface area contributed by atoms with E-state index >= 15 is 0 Å². The summed E-state index contributed by atoms with van der Waals surface area (Å²) in [7, 11) is 1.75. The van der Waals surface area contributed by atoms with Crippen molar-refractivity contribution in [2.45, 2.75) is 13.0 Å². The second kappa shape index (κ2) is 4.06. The normalized spacial score (nSPS) is 13.1. The number of aliphatic carboxylic acids is 1. The number of carbonyl (C=O) groups is 1. The lowest BCUT2D eigenvalue weighted by atomic mass is 10.3. The summed E-state index contributed by atoms with van der Waals surface area (Å²) in [5.74, 6) is -0.809. The van der Waals surface area contributed by atoms with Crippen LogP contribution in [0, 0.1) is 0 Å². The van der Waals surface area contributed by atoms with Gasteiger partial charge in [-0.3, -0.25) is 9.69 Å². The van der Waals surface area contributed by atoms with E-state index in [4.69, 9.17) is 5.11 Å². The van der Waals surface area contributed by atoms with E-state index in [1.54, 1.807) is 18.0 Å². The highest BCUT2D eigenvalue weighted by molar-refractivity contribution is 5.69. The van der Waals surface area contributed by atoms with E-state index < -0.39 is 5.97 Å². The molecule has 10 heavy (non-hydrogen) atoms. The molecule has 0 aromatic carbocycles. The first-order valence-corrected chi connectivity index (χ1v) is 3.12. The Labute approximate surface area is 61.0 Å². The Balaban J connectivity index is 3.71. The smallest absolute Gasteiger partial charge is 0.317 e. The van der Waals surface area contributed by atoms with Gasteiger partial charge < -0.3 is 5.11 Å². The van der Waals surface area contributed by atoms with Crippen molar-refractivity contribution in [1.29, 1.82) is 0 Å². The molecule has 0 saturated heterocycles. The Bertz CT molecular complexity index is 134. The summed E-state index contributed by atoms with van der Waals surface area (Å²) in [6.07, 6.45) is 1.71. The number of rotatable bonds is 4. The third kappa shape index (κ3) is 3.25. The second-order valence-corrected chi connectivity index (χ2v) is 2.29. The van der Waals surface area contributed by atoms with E-state index in [9.17, 15) is 4.79 Å². The molecule has 1 atom stereocenters. The minimum absolute atomic E-state index is 0.0627. The minimum Gasteiger partial charge on any atom is -0.480 e. The maximum Gasteiger partial charge on any atom is 0.317 e. The molecule has 3 nitrogen and oxygen atoms in total. The van der Waals surface area contributed by atoms with Crippen LogP contribution in [0.2, 0.25) is 0 Å². The zero-order valence-electron chi connectivity index (χ0n) is 6.37. The van der Waals surface area contributed by atoms with Gasteiger partial charge in [-0.2, -0.15) is 0 Å². The Kier molecular flexibility index (Phi) is 3.72. The van der Waals surface area contributed by atoms with Crippen LogP contribution in [0.3, 0.4) is 0 Å². The van der Waals surface area contributed by atoms with Crippen molar-refractivity contribution in [3.63, 3.8) is 0 Å². The van der Waals surface area contributed by atoms with Crippen molar-refractivity contribution >= 4 is 5.97 Å². The lowest BCUT2D eigenvalue weighted by Crippen LogP contribution is -2.32. The summed E-state index contributed by atoms with van der Waals surface area (Å²) in [6, 6.07) is 0.121. The van der Waals surface area contributed by atoms with Crippen LogP contribution in [-0.4, -0.2) is 35.6 Å². The van der Waals surface area contributed by atoms with Crippen molar-refractivity contribution in [2.75, 3.05) is 13.6 Å². The lowest BCUT2D eigenvalue weighted by Gasteiger charge is -2.18. The number of carboxylic acid groups (broad SMARTS) is 1. The van der Waals surface area contributed by atoms with Crippen LogP contribution in [-0.2, 0) is 4.79 Å². The molecular weight excluding hydrogens is 130 g/mol. The molecule has 1 N–H and O–H groups in total. The number of likely N-dealkylation sites (N-methyl/N-ethyl adjacent to an activating group) is 1. The zero-order valence-corrected chi connectivity index (χ0v) is 6.37. The van der Waals surface area contributed by atoms with E-state index in [1.807, 2.05) is 6.92 Å². The number of hydrogen-bond acceptors (Lipinski definition) is 2. The van der Waals surface area contributed by atoms with Crippen LogP contribution in [0.15, 0.2) is 12.7 Å². The molecule has 0 fully saturated rings. The quantitative estimate of drug-likeness (QED) is 0.585. The van der Waals surface area contributed by atoms with Crippen molar-refractivity contribution in [1.82, 2.24) is 4.90 Å². The molecule has 0 aliphatic rings. The molecule has 0 rings (SSSR count). The van der Waals surface area contributed by atoms with Gasteiger partial charge in [0.15, 0.2) is 0 Å². The average Bonchev–Trinajstić information content (AvgIpc) is 1.85. The van der Waals surface area contributed by atoms with Gasteiger partial charge in [0.1, 0.15) is 0 Å². The van der Waals surface area contributed by atoms with Gasteiger partial charge in [-0.25, -0.2) is 0 Å². The first kappa shape index (κ1) is 9.17. The third-order valence-electron chi connectivity index (χ3n) is 1.42. The molecule has 3 heteroatoms. The van der Waals surface area contributed by atoms with Gasteiger partial charge >= 0.3 is 5.97 Å². The predicted molar refractivity (Wildman–Crippen MR) is 39.9 cm³/mol. The molecule has 0 bridgehead atoms. The topological polar surface area (TPSA) is 40.5 Å². The van der Waals surface area contributed by atoms with Crippen molar-refractivity contribution < 1.29 is 9.90 Å². The first-order valence-electron chi connectivity index (χ1n) is 3.12. The molecule has 0 spiro atoms. The van der Waals surface area contributed by atoms with Crippen molar-refractivity contribution in [2.24, 2.45) is 0 Å². The van der Waals surface area contributed by atoms with E-state index in [-0.39, 0.29) is 12.6 Å². The van der Waals surface area contributed by atoms with Gasteiger partial charge in [0, 0.05) is 6.04 Å². The maximum absolute atomic E-state index is 10.2. The van der Waals surface area contributed by atoms with E-state index in [1.165, 1.54) is 0 Å². The van der Waals surface area contributed by atoms with Crippen LogP contribution in [0.25, 0.3) is 0 Å². The number of carboxylic acids is 1. The number of nitrogens with zero attached hydrogens (tertiary/aromatic N) is 1. The van der Waals surface area contributed by atoms with Gasteiger partial charge in [0.2, 0.25) is 0 Å². The molecule has 0 heterocycles. The van der Waals surface area contributed by atoms with Crippen molar-refractivity contribution in [3.05, 3.63) is 12.7 Å². The highest BCUT2D eigenvalue weighted by Crippen LogP contribution is 1.94. The van der Waals surface area contributed by atoms with Gasteiger partial charge in [-0.15, -0.1) is 6.58 Å². The Morgan fingerprint density at radius 3 is 2.70 bits per heavy atom. The molecule has 0 saturated carbocycles. The first-order chi connectivity index (χ1) is 4.57. The van der Waals surface area contributed by atoms with E-state index in [0.717, 1.165) is 0 Å². The van der Waals surface area contributed by atoms with Gasteiger partial charge in [0.25, 0.3) is 0 Å². The fraction of sp³-hybridized carbons (Fsp3) is 0.571. The Hall–Kier alpha value is -0.830. The van der Waals surface area contributed by atoms with Crippen LogP contribution < -0.4 is 0 Å². The molecule has 0 aliphatic heterocycles. The molecular formula is C7H13NO2. The molecule has 0 aliphatic carbocycles. The molecule has 0 aromatic rings. The minimum atomic E-state index is -0.809. The third-order valence-corrected chi connectivity index (χ3v) is 1.42. The van der Waals surface area contributed by atoms with E-state index in [0.29, 0.717) is 0 Å². The summed E-state index contributed by atoms with van der Waals surface area (Å²) < 4.78 is 0. The molecule has 58 valence electrons. The Morgan fingerprint density at radius 2 is 2.40 bits per heavy atom. The fourth-order valence-corrected chi connectivity index (χ4v) is 0.537. The van der Waals surface area contributed by atoms with Crippen LogP contribution in [0.1, 0.15) is 6.92 Å². The fourth-order valence-electron chi connectivity index (χ4n) is 0.537. The highest BCUT2D eigenvalue weighted by Gasteiger charge is 2.07. The van der Waals surface area contributed by atoms with E-state index in [2.05, 4.69) is 6.58 Å². The molecule has 1 unspecified atom stereocenters. The summed E-state index contributed by atoms with van der Waals surface area (Å²) in [5.41, 5.74) is 0. The summed E-state index contributed by atoms with van der Waals surface area (Å²) in [4.78, 5) is 11.9. The Morgan fingerprint density at radius 1 is 1.90 bits per heavy atom.